The molecule has 1 aromatic carbocycles. The van der Waals surface area contributed by atoms with Crippen LogP contribution in [0.1, 0.15) is 50.7 Å². The molecule has 1 aliphatic heterocycles. The Morgan fingerprint density at radius 1 is 1.18 bits per heavy atom. The molecule has 178 valence electrons. The van der Waals surface area contributed by atoms with Gasteiger partial charge >= 0.3 is 5.97 Å². The van der Waals surface area contributed by atoms with Gasteiger partial charge in [-0.25, -0.2) is 13.2 Å². The van der Waals surface area contributed by atoms with Crippen molar-refractivity contribution >= 4 is 45.2 Å². The van der Waals surface area contributed by atoms with Crippen LogP contribution in [-0.4, -0.2) is 63.3 Å². The van der Waals surface area contributed by atoms with Crippen molar-refractivity contribution < 1.29 is 36.7 Å². The molecule has 0 saturated carbocycles. The molecule has 1 aliphatic rings. The van der Waals surface area contributed by atoms with E-state index in [0.717, 1.165) is 6.07 Å². The Labute approximate surface area is 195 Å². The first kappa shape index (κ1) is 24.9. The summed E-state index contributed by atoms with van der Waals surface area (Å²) in [6.45, 7) is 5.28. The molecule has 0 radical (unpaired) electrons. The van der Waals surface area contributed by atoms with Crippen molar-refractivity contribution in [1.29, 1.82) is 0 Å². The number of ether oxygens (including phenoxy) is 2. The quantitative estimate of drug-likeness (QED) is 0.455. The van der Waals surface area contributed by atoms with E-state index in [2.05, 4.69) is 5.32 Å². The summed E-state index contributed by atoms with van der Waals surface area (Å²) in [4.78, 5) is 37.4. The van der Waals surface area contributed by atoms with Gasteiger partial charge < -0.3 is 13.9 Å². The second-order valence-corrected chi connectivity index (χ2v) is 9.47. The molecule has 10 nitrogen and oxygen atoms in total. The number of esters is 1. The molecule has 12 heteroatoms. The molecule has 0 atom stereocenters. The predicted octanol–water partition coefficient (Wildman–Crippen LogP) is 2.89. The largest absolute Gasteiger partial charge is 0.462 e. The Morgan fingerprint density at radius 2 is 1.85 bits per heavy atom. The molecule has 0 unspecified atom stereocenters. The monoisotopic (exact) mass is 498 g/mol. The molecular weight excluding hydrogens is 476 g/mol. The van der Waals surface area contributed by atoms with Crippen LogP contribution in [0.4, 0.5) is 5.88 Å². The third-order valence-electron chi connectivity index (χ3n) is 4.93. The summed E-state index contributed by atoms with van der Waals surface area (Å²) < 4.78 is 42.8. The van der Waals surface area contributed by atoms with Crippen LogP contribution in [0.2, 0.25) is 5.02 Å². The number of rotatable bonds is 7. The highest BCUT2D eigenvalue weighted by atomic mass is 35.5. The first-order chi connectivity index (χ1) is 15.6. The van der Waals surface area contributed by atoms with Crippen molar-refractivity contribution in [3.05, 3.63) is 45.7 Å². The summed E-state index contributed by atoms with van der Waals surface area (Å²) in [6, 6.07) is 3.75. The zero-order valence-corrected chi connectivity index (χ0v) is 19.8. The van der Waals surface area contributed by atoms with Crippen LogP contribution in [0, 0.1) is 6.92 Å². The highest BCUT2D eigenvalue weighted by molar-refractivity contribution is 7.89. The van der Waals surface area contributed by atoms with Crippen LogP contribution in [0.5, 0.6) is 0 Å². The normalized spacial score (nSPS) is 14.7. The van der Waals surface area contributed by atoms with E-state index in [9.17, 15) is 22.8 Å². The number of morpholine rings is 1. The number of hydrogen-bond acceptors (Lipinski definition) is 8. The van der Waals surface area contributed by atoms with E-state index in [-0.39, 0.29) is 71.2 Å². The Morgan fingerprint density at radius 3 is 2.45 bits per heavy atom. The zero-order chi connectivity index (χ0) is 24.3. The number of aryl methyl sites for hydroxylation is 1. The lowest BCUT2D eigenvalue weighted by molar-refractivity contribution is 0.0524. The molecule has 0 spiro atoms. The Hall–Kier alpha value is -2.73. The molecule has 33 heavy (non-hydrogen) atoms. The smallest absolute Gasteiger partial charge is 0.344 e. The molecule has 0 aliphatic carbocycles. The van der Waals surface area contributed by atoms with Crippen LogP contribution >= 0.6 is 11.6 Å². The lowest BCUT2D eigenvalue weighted by atomic mass is 10.1. The number of carbonyl (C=O) groups is 3. The van der Waals surface area contributed by atoms with Gasteiger partial charge in [0.2, 0.25) is 15.9 Å². The topological polar surface area (TPSA) is 132 Å². The number of amides is 1. The maximum absolute atomic E-state index is 13.0. The van der Waals surface area contributed by atoms with Gasteiger partial charge in [0.05, 0.1) is 40.9 Å². The Bertz CT molecular complexity index is 1200. The van der Waals surface area contributed by atoms with E-state index in [1.165, 1.54) is 30.3 Å². The SMILES string of the molecule is CCOC(=O)c1c(NC(=O)c2cc(S(=O)(=O)N3CCOCC3)ccc2Cl)oc(C)c1C(C)=O. The predicted molar refractivity (Wildman–Crippen MR) is 118 cm³/mol. The van der Waals surface area contributed by atoms with Crippen LogP contribution < -0.4 is 5.32 Å². The van der Waals surface area contributed by atoms with Crippen LogP contribution in [0.3, 0.4) is 0 Å². The number of furan rings is 1. The fourth-order valence-corrected chi connectivity index (χ4v) is 5.04. The van der Waals surface area contributed by atoms with Crippen LogP contribution in [-0.2, 0) is 19.5 Å². The summed E-state index contributed by atoms with van der Waals surface area (Å²) in [5.74, 6) is -2.29. The van der Waals surface area contributed by atoms with Crippen molar-refractivity contribution in [2.45, 2.75) is 25.7 Å². The average Bonchev–Trinajstić information content (AvgIpc) is 3.10. The molecule has 1 amide bonds. The highest BCUT2D eigenvalue weighted by Crippen LogP contribution is 2.30. The molecule has 2 aromatic rings. The van der Waals surface area contributed by atoms with Gasteiger partial charge in [-0.3, -0.25) is 14.9 Å². The van der Waals surface area contributed by atoms with Crippen molar-refractivity contribution in [2.24, 2.45) is 0 Å². The number of nitrogens with one attached hydrogen (secondary N) is 1. The van der Waals surface area contributed by atoms with Gasteiger partial charge in [-0.15, -0.1) is 0 Å². The Balaban J connectivity index is 1.97. The van der Waals surface area contributed by atoms with E-state index < -0.39 is 27.7 Å². The summed E-state index contributed by atoms with van der Waals surface area (Å²) >= 11 is 6.17. The molecule has 0 bridgehead atoms. The number of sulfonamides is 1. The van der Waals surface area contributed by atoms with Gasteiger partial charge in [-0.1, -0.05) is 11.6 Å². The number of ketones is 1. The second-order valence-electron chi connectivity index (χ2n) is 7.13. The minimum absolute atomic E-state index is 0.0128. The fourth-order valence-electron chi connectivity index (χ4n) is 3.40. The molecule has 1 saturated heterocycles. The Kier molecular flexibility index (Phi) is 7.58. The van der Waals surface area contributed by atoms with E-state index >= 15 is 0 Å². The number of halogens is 1. The lowest BCUT2D eigenvalue weighted by Gasteiger charge is -2.26. The number of Topliss-reactive ketones (excluding diaryl/α,β-unsaturated/α-hetero) is 1. The highest BCUT2D eigenvalue weighted by Gasteiger charge is 2.31. The maximum atomic E-state index is 13.0. The number of benzene rings is 1. The fraction of sp³-hybridized carbons (Fsp3) is 0.381. The van der Waals surface area contributed by atoms with Crippen molar-refractivity contribution in [1.82, 2.24) is 4.31 Å². The standard InChI is InChI=1S/C21H23ClN2O8S/c1-4-31-21(27)18-17(12(2)25)13(3)32-20(18)23-19(26)15-11-14(5-6-16(15)22)33(28,29)24-7-9-30-10-8-24/h5-6,11H,4,7-10H2,1-3H3,(H,23,26). The van der Waals surface area contributed by atoms with Crippen LogP contribution in [0.15, 0.2) is 27.5 Å². The molecule has 1 fully saturated rings. The molecule has 3 rings (SSSR count). The molecule has 1 N–H and O–H groups in total. The number of carbonyl (C=O) groups excluding carboxylic acids is 3. The lowest BCUT2D eigenvalue weighted by Crippen LogP contribution is -2.40. The minimum Gasteiger partial charge on any atom is -0.462 e. The summed E-state index contributed by atoms with van der Waals surface area (Å²) in [5.41, 5.74) is -0.388. The van der Waals surface area contributed by atoms with Gasteiger partial charge in [-0.2, -0.15) is 4.31 Å². The van der Waals surface area contributed by atoms with Crippen LogP contribution in [0.25, 0.3) is 0 Å². The van der Waals surface area contributed by atoms with Gasteiger partial charge in [0.25, 0.3) is 5.91 Å². The van der Waals surface area contributed by atoms with E-state index in [4.69, 9.17) is 25.5 Å². The third-order valence-corrected chi connectivity index (χ3v) is 7.16. The number of anilines is 1. The maximum Gasteiger partial charge on any atom is 0.344 e. The first-order valence-electron chi connectivity index (χ1n) is 10.1. The summed E-state index contributed by atoms with van der Waals surface area (Å²) in [7, 11) is -3.88. The molecule has 2 heterocycles. The van der Waals surface area contributed by atoms with E-state index in [1.54, 1.807) is 6.92 Å². The summed E-state index contributed by atoms with van der Waals surface area (Å²) in [5, 5.41) is 2.40. The van der Waals surface area contributed by atoms with Crippen molar-refractivity contribution in [3.8, 4) is 0 Å². The minimum atomic E-state index is -3.88. The van der Waals surface area contributed by atoms with Gasteiger partial charge in [0.15, 0.2) is 5.78 Å². The third kappa shape index (κ3) is 5.11. The van der Waals surface area contributed by atoms with Crippen molar-refractivity contribution in [3.63, 3.8) is 0 Å². The number of nitrogens with zero attached hydrogens (tertiary/aromatic N) is 1. The molecular formula is C21H23ClN2O8S. The molecule has 1 aromatic heterocycles. The van der Waals surface area contributed by atoms with E-state index in [1.807, 2.05) is 0 Å². The van der Waals surface area contributed by atoms with Crippen molar-refractivity contribution in [2.75, 3.05) is 38.2 Å². The summed E-state index contributed by atoms with van der Waals surface area (Å²) in [6.07, 6.45) is 0. The van der Waals surface area contributed by atoms with Gasteiger partial charge in [0, 0.05) is 13.1 Å². The van der Waals surface area contributed by atoms with Gasteiger partial charge in [0.1, 0.15) is 11.3 Å². The second kappa shape index (κ2) is 10.0. The number of hydrogen-bond donors (Lipinski definition) is 1. The zero-order valence-electron chi connectivity index (χ0n) is 18.3. The van der Waals surface area contributed by atoms with Gasteiger partial charge in [-0.05, 0) is 39.0 Å². The van der Waals surface area contributed by atoms with E-state index in [0.29, 0.717) is 0 Å². The average molecular weight is 499 g/mol. The first-order valence-corrected chi connectivity index (χ1v) is 11.9.